The summed E-state index contributed by atoms with van der Waals surface area (Å²) in [7, 11) is 0. The fourth-order valence-corrected chi connectivity index (χ4v) is 1.86. The molecule has 0 bridgehead atoms. The van der Waals surface area contributed by atoms with E-state index >= 15 is 0 Å². The minimum absolute atomic E-state index is 0.149. The number of unbranched alkanes of at least 4 members (excludes halogenated alkanes) is 2. The van der Waals surface area contributed by atoms with Crippen molar-refractivity contribution in [3.05, 3.63) is 29.6 Å². The molecule has 1 aliphatic rings. The van der Waals surface area contributed by atoms with Gasteiger partial charge in [-0.05, 0) is 31.4 Å². The molecule has 0 radical (unpaired) electrons. The molecular formula is C15H21N3O2. The summed E-state index contributed by atoms with van der Waals surface area (Å²) >= 11 is 0. The van der Waals surface area contributed by atoms with E-state index < -0.39 is 0 Å². The summed E-state index contributed by atoms with van der Waals surface area (Å²) in [5, 5.41) is 5.72. The second-order valence-corrected chi connectivity index (χ2v) is 5.14. The first-order valence-corrected chi connectivity index (χ1v) is 7.26. The molecule has 5 heteroatoms. The Kier molecular flexibility index (Phi) is 5.09. The van der Waals surface area contributed by atoms with E-state index in [2.05, 4.69) is 22.5 Å². The second-order valence-electron chi connectivity index (χ2n) is 5.14. The molecule has 1 heterocycles. The van der Waals surface area contributed by atoms with Crippen molar-refractivity contribution >= 4 is 11.8 Å². The quantitative estimate of drug-likeness (QED) is 0.747. The number of pyridine rings is 1. The number of carbonyl (C=O) groups is 2. The summed E-state index contributed by atoms with van der Waals surface area (Å²) in [6, 6.07) is 3.46. The summed E-state index contributed by atoms with van der Waals surface area (Å²) in [6.45, 7) is 2.79. The van der Waals surface area contributed by atoms with Crippen LogP contribution in [0, 0.1) is 0 Å². The van der Waals surface area contributed by atoms with Crippen LogP contribution in [0.3, 0.4) is 0 Å². The summed E-state index contributed by atoms with van der Waals surface area (Å²) in [5.41, 5.74) is 0.788. The highest BCUT2D eigenvalue weighted by atomic mass is 16.2. The predicted molar refractivity (Wildman–Crippen MR) is 76.6 cm³/mol. The van der Waals surface area contributed by atoms with Crippen LogP contribution in [0.4, 0.5) is 0 Å². The van der Waals surface area contributed by atoms with Crippen molar-refractivity contribution < 1.29 is 9.59 Å². The Morgan fingerprint density at radius 2 is 2.10 bits per heavy atom. The maximum atomic E-state index is 11.9. The van der Waals surface area contributed by atoms with Crippen LogP contribution in [-0.4, -0.2) is 29.4 Å². The third-order valence-corrected chi connectivity index (χ3v) is 3.23. The molecule has 1 aliphatic carbocycles. The topological polar surface area (TPSA) is 71.1 Å². The van der Waals surface area contributed by atoms with Gasteiger partial charge in [-0.15, -0.1) is 0 Å². The number of carbonyl (C=O) groups excluding carboxylic acids is 2. The van der Waals surface area contributed by atoms with Gasteiger partial charge in [0.1, 0.15) is 5.69 Å². The Balaban J connectivity index is 1.90. The number of rotatable bonds is 7. The van der Waals surface area contributed by atoms with Crippen molar-refractivity contribution in [2.75, 3.05) is 6.54 Å². The highest BCUT2D eigenvalue weighted by Crippen LogP contribution is 2.19. The summed E-state index contributed by atoms with van der Waals surface area (Å²) in [6.07, 6.45) is 6.76. The van der Waals surface area contributed by atoms with Gasteiger partial charge in [0.05, 0.1) is 0 Å². The average molecular weight is 275 g/mol. The molecule has 1 fully saturated rings. The molecule has 5 nitrogen and oxygen atoms in total. The Bertz CT molecular complexity index is 484. The van der Waals surface area contributed by atoms with Crippen molar-refractivity contribution in [3.63, 3.8) is 0 Å². The minimum Gasteiger partial charge on any atom is -0.352 e. The molecule has 0 spiro atoms. The van der Waals surface area contributed by atoms with Gasteiger partial charge in [-0.25, -0.2) is 0 Å². The van der Waals surface area contributed by atoms with Gasteiger partial charge >= 0.3 is 0 Å². The molecule has 20 heavy (non-hydrogen) atoms. The fourth-order valence-electron chi connectivity index (χ4n) is 1.86. The number of nitrogens with zero attached hydrogens (tertiary/aromatic N) is 1. The molecule has 0 unspecified atom stereocenters. The van der Waals surface area contributed by atoms with E-state index in [0.29, 0.717) is 17.8 Å². The normalized spacial score (nSPS) is 13.8. The molecular weight excluding hydrogens is 254 g/mol. The van der Waals surface area contributed by atoms with Crippen LogP contribution in [0.2, 0.25) is 0 Å². The predicted octanol–water partition coefficient (Wildman–Crippen LogP) is 1.89. The Morgan fingerprint density at radius 3 is 2.80 bits per heavy atom. The molecule has 1 saturated carbocycles. The van der Waals surface area contributed by atoms with Crippen LogP contribution < -0.4 is 10.6 Å². The van der Waals surface area contributed by atoms with E-state index in [1.807, 2.05) is 0 Å². The van der Waals surface area contributed by atoms with Crippen molar-refractivity contribution in [3.8, 4) is 0 Å². The van der Waals surface area contributed by atoms with E-state index in [4.69, 9.17) is 0 Å². The maximum Gasteiger partial charge on any atom is 0.270 e. The highest BCUT2D eigenvalue weighted by molar-refractivity contribution is 5.98. The lowest BCUT2D eigenvalue weighted by Gasteiger charge is -2.06. The number of hydrogen-bond donors (Lipinski definition) is 2. The average Bonchev–Trinajstić information content (AvgIpc) is 3.27. The van der Waals surface area contributed by atoms with Crippen LogP contribution in [0.15, 0.2) is 18.3 Å². The molecule has 0 aliphatic heterocycles. The summed E-state index contributed by atoms with van der Waals surface area (Å²) < 4.78 is 0. The second kappa shape index (κ2) is 7.03. The minimum atomic E-state index is -0.201. The smallest absolute Gasteiger partial charge is 0.270 e. The monoisotopic (exact) mass is 275 g/mol. The maximum absolute atomic E-state index is 11.9. The first kappa shape index (κ1) is 14.5. The van der Waals surface area contributed by atoms with E-state index in [1.54, 1.807) is 12.1 Å². The molecule has 1 aromatic heterocycles. The SMILES string of the molecule is CCCCCNC(=O)c1ccnc(C(=O)NC2CC2)c1. The van der Waals surface area contributed by atoms with Crippen LogP contribution in [0.1, 0.15) is 59.9 Å². The van der Waals surface area contributed by atoms with Gasteiger partial charge in [0.15, 0.2) is 0 Å². The third-order valence-electron chi connectivity index (χ3n) is 3.23. The van der Waals surface area contributed by atoms with Crippen LogP contribution >= 0.6 is 0 Å². The summed E-state index contributed by atoms with van der Waals surface area (Å²) in [4.78, 5) is 27.8. The van der Waals surface area contributed by atoms with Crippen LogP contribution in [0.5, 0.6) is 0 Å². The van der Waals surface area contributed by atoms with Gasteiger partial charge in [-0.3, -0.25) is 14.6 Å². The van der Waals surface area contributed by atoms with Crippen molar-refractivity contribution in [2.24, 2.45) is 0 Å². The molecule has 0 aromatic carbocycles. The number of nitrogens with one attached hydrogen (secondary N) is 2. The lowest BCUT2D eigenvalue weighted by atomic mass is 10.2. The zero-order valence-corrected chi connectivity index (χ0v) is 11.8. The first-order valence-electron chi connectivity index (χ1n) is 7.26. The van der Waals surface area contributed by atoms with Gasteiger partial charge in [0.2, 0.25) is 0 Å². The van der Waals surface area contributed by atoms with E-state index in [9.17, 15) is 9.59 Å². The van der Waals surface area contributed by atoms with E-state index in [0.717, 1.165) is 32.1 Å². The molecule has 1 aromatic rings. The van der Waals surface area contributed by atoms with Gasteiger partial charge in [-0.1, -0.05) is 19.8 Å². The Morgan fingerprint density at radius 1 is 1.30 bits per heavy atom. The van der Waals surface area contributed by atoms with E-state index in [-0.39, 0.29) is 17.9 Å². The number of aromatic nitrogens is 1. The Hall–Kier alpha value is -1.91. The first-order chi connectivity index (χ1) is 9.70. The summed E-state index contributed by atoms with van der Waals surface area (Å²) in [5.74, 6) is -0.350. The lowest BCUT2D eigenvalue weighted by molar-refractivity contribution is 0.0946. The number of hydrogen-bond acceptors (Lipinski definition) is 3. The lowest BCUT2D eigenvalue weighted by Crippen LogP contribution is -2.28. The molecule has 2 rings (SSSR count). The van der Waals surface area contributed by atoms with E-state index in [1.165, 1.54) is 6.20 Å². The zero-order chi connectivity index (χ0) is 14.4. The van der Waals surface area contributed by atoms with Crippen LogP contribution in [-0.2, 0) is 0 Å². The van der Waals surface area contributed by atoms with Crippen molar-refractivity contribution in [1.82, 2.24) is 15.6 Å². The molecule has 0 saturated heterocycles. The van der Waals surface area contributed by atoms with Gasteiger partial charge in [-0.2, -0.15) is 0 Å². The Labute approximate surface area is 119 Å². The van der Waals surface area contributed by atoms with Crippen molar-refractivity contribution in [1.29, 1.82) is 0 Å². The molecule has 108 valence electrons. The largest absolute Gasteiger partial charge is 0.352 e. The third kappa shape index (κ3) is 4.33. The number of amides is 2. The van der Waals surface area contributed by atoms with Crippen LogP contribution in [0.25, 0.3) is 0 Å². The molecule has 2 amide bonds. The standard InChI is InChI=1S/C15H21N3O2/c1-2-3-4-8-17-14(19)11-7-9-16-13(10-11)15(20)18-12-5-6-12/h7,9-10,12H,2-6,8H2,1H3,(H,17,19)(H,18,20). The van der Waals surface area contributed by atoms with Crippen molar-refractivity contribution in [2.45, 2.75) is 45.1 Å². The van der Waals surface area contributed by atoms with Gasteiger partial charge < -0.3 is 10.6 Å². The zero-order valence-electron chi connectivity index (χ0n) is 11.8. The van der Waals surface area contributed by atoms with Gasteiger partial charge in [0, 0.05) is 24.3 Å². The van der Waals surface area contributed by atoms with Gasteiger partial charge in [0.25, 0.3) is 11.8 Å². The highest BCUT2D eigenvalue weighted by Gasteiger charge is 2.24. The molecule has 0 atom stereocenters. The fraction of sp³-hybridized carbons (Fsp3) is 0.533. The molecule has 2 N–H and O–H groups in total.